The van der Waals surface area contributed by atoms with Gasteiger partial charge in [-0.15, -0.1) is 0 Å². The first-order chi connectivity index (χ1) is 33.9. The lowest BCUT2D eigenvalue weighted by molar-refractivity contribution is 0.0296. The summed E-state index contributed by atoms with van der Waals surface area (Å²) in [6.45, 7) is 15.5. The van der Waals surface area contributed by atoms with Crippen molar-refractivity contribution in [2.75, 3.05) is 52.6 Å². The third-order valence-electron chi connectivity index (χ3n) is 12.6. The lowest BCUT2D eigenvalue weighted by Crippen LogP contribution is -2.41. The molecule has 9 rings (SSSR count). The van der Waals surface area contributed by atoms with Gasteiger partial charge < -0.3 is 38.9 Å². The van der Waals surface area contributed by atoms with Crippen LogP contribution in [0.1, 0.15) is 71.1 Å². The Kier molecular flexibility index (Phi) is 16.8. The number of amides is 2. The summed E-state index contributed by atoms with van der Waals surface area (Å²) >= 11 is 17.5. The minimum Gasteiger partial charge on any atom is -0.477 e. The molecule has 71 heavy (non-hydrogen) atoms. The zero-order valence-corrected chi connectivity index (χ0v) is 42.1. The Bertz CT molecular complexity index is 3110. The SMILES string of the molecule is Cc1[nH]c(C(=O)N2CCOCC2)c(-c2ccc(Cl)cc2F)c1C.Cc1[nH]c(C(=O)O)c(-c2ccc(Cl)cc2F)c1C.Cc1c(-c2ccc(Cl)cc2F)c(C(=O)N2CCOCC2)n(Cc2ncccn2)c1C. The summed E-state index contributed by atoms with van der Waals surface area (Å²) < 4.78 is 55.7. The van der Waals surface area contributed by atoms with Gasteiger partial charge in [-0.2, -0.15) is 0 Å². The molecule has 0 saturated carbocycles. The molecule has 19 heteroatoms. The molecule has 2 amide bonds. The highest BCUT2D eigenvalue weighted by molar-refractivity contribution is 6.31. The predicted octanol–water partition coefficient (Wildman–Crippen LogP) is 11.2. The molecule has 0 bridgehead atoms. The quantitative estimate of drug-likeness (QED) is 0.136. The molecule has 0 radical (unpaired) electrons. The summed E-state index contributed by atoms with van der Waals surface area (Å²) in [5.41, 5.74) is 8.20. The average molecular weight is 1030 g/mol. The lowest BCUT2D eigenvalue weighted by Gasteiger charge is -2.28. The summed E-state index contributed by atoms with van der Waals surface area (Å²) in [4.78, 5) is 55.5. The van der Waals surface area contributed by atoms with Crippen LogP contribution in [0.5, 0.6) is 0 Å². The van der Waals surface area contributed by atoms with Gasteiger partial charge in [-0.3, -0.25) is 9.59 Å². The normalized spacial score (nSPS) is 13.6. The standard InChI is InChI=1S/C22H22ClFN4O2.C17H18ClFN2O2.C13H11ClFNO2/c1-14-15(2)28(13-19-25-6-3-7-26-19)21(22(29)27-8-10-30-11-9-27)20(14)17-5-4-16(23)12-18(17)24;1-10-11(2)20-16(17(22)21-5-7-23-8-6-21)15(10)13-4-3-12(18)9-14(13)19;1-6-7(2)16-12(13(17)18)11(6)9-4-3-8(14)5-10(9)15/h3-7,12H,8-11,13H2,1-2H3;3-4,9,20H,5-8H2,1-2H3;3-5,16H,1-2H3,(H,17,18). The summed E-state index contributed by atoms with van der Waals surface area (Å²) in [6, 6.07) is 15.0. The predicted molar refractivity (Wildman–Crippen MR) is 267 cm³/mol. The van der Waals surface area contributed by atoms with Crippen LogP contribution in [-0.2, 0) is 16.0 Å². The molecule has 2 fully saturated rings. The van der Waals surface area contributed by atoms with Gasteiger partial charge in [0.2, 0.25) is 0 Å². The van der Waals surface area contributed by atoms with E-state index in [2.05, 4.69) is 19.9 Å². The van der Waals surface area contributed by atoms with Gasteiger partial charge in [0.1, 0.15) is 40.4 Å². The molecule has 0 unspecified atom stereocenters. The Morgan fingerprint density at radius 3 is 1.45 bits per heavy atom. The van der Waals surface area contributed by atoms with E-state index < -0.39 is 23.4 Å². The first-order valence-corrected chi connectivity index (χ1v) is 23.7. The lowest BCUT2D eigenvalue weighted by atomic mass is 10.00. The van der Waals surface area contributed by atoms with Crippen LogP contribution in [0.3, 0.4) is 0 Å². The van der Waals surface area contributed by atoms with E-state index in [-0.39, 0.29) is 28.1 Å². The Hall–Kier alpha value is -6.43. The summed E-state index contributed by atoms with van der Waals surface area (Å²) in [5.74, 6) is -2.26. The van der Waals surface area contributed by atoms with E-state index in [1.165, 1.54) is 30.3 Å². The van der Waals surface area contributed by atoms with Gasteiger partial charge in [-0.1, -0.05) is 34.8 Å². The zero-order chi connectivity index (χ0) is 51.3. The van der Waals surface area contributed by atoms with Crippen molar-refractivity contribution in [2.45, 2.75) is 48.1 Å². The van der Waals surface area contributed by atoms with Crippen LogP contribution < -0.4 is 0 Å². The van der Waals surface area contributed by atoms with E-state index in [1.54, 1.807) is 66.4 Å². The number of aryl methyl sites for hydroxylation is 2. The van der Waals surface area contributed by atoms with E-state index in [0.717, 1.165) is 22.5 Å². The first-order valence-electron chi connectivity index (χ1n) is 22.5. The number of carboxylic acids is 1. The van der Waals surface area contributed by atoms with Crippen LogP contribution >= 0.6 is 34.8 Å². The number of morpholine rings is 2. The van der Waals surface area contributed by atoms with Gasteiger partial charge in [-0.05, 0) is 119 Å². The Morgan fingerprint density at radius 1 is 0.606 bits per heavy atom. The minimum absolute atomic E-state index is 0.00813. The van der Waals surface area contributed by atoms with E-state index in [0.29, 0.717) is 125 Å². The van der Waals surface area contributed by atoms with Gasteiger partial charge >= 0.3 is 5.97 Å². The van der Waals surface area contributed by atoms with Crippen LogP contribution in [0.4, 0.5) is 13.2 Å². The van der Waals surface area contributed by atoms with E-state index in [4.69, 9.17) is 49.4 Å². The number of carbonyl (C=O) groups excluding carboxylic acids is 2. The number of ether oxygens (including phenoxy) is 2. The Labute approximate surface area is 423 Å². The van der Waals surface area contributed by atoms with Crippen LogP contribution in [-0.4, -0.2) is 110 Å². The molecule has 0 spiro atoms. The number of carboxylic acid groups (broad SMARTS) is 1. The number of hydrogen-bond donors (Lipinski definition) is 3. The number of H-pyrrole nitrogens is 2. The Balaban J connectivity index is 0.000000162. The highest BCUT2D eigenvalue weighted by Crippen LogP contribution is 2.38. The van der Waals surface area contributed by atoms with Gasteiger partial charge in [-0.25, -0.2) is 27.9 Å². The molecule has 0 aliphatic carbocycles. The molecular weight excluding hydrogens is 982 g/mol. The summed E-state index contributed by atoms with van der Waals surface area (Å²) in [7, 11) is 0. The van der Waals surface area contributed by atoms with Crippen LogP contribution in [0.15, 0.2) is 73.1 Å². The second kappa shape index (κ2) is 22.8. The highest BCUT2D eigenvalue weighted by atomic mass is 35.5. The molecule has 2 aliphatic rings. The molecule has 13 nitrogen and oxygen atoms in total. The van der Waals surface area contributed by atoms with Crippen molar-refractivity contribution in [2.24, 2.45) is 0 Å². The number of halogens is 6. The number of rotatable bonds is 8. The fraction of sp³-hybridized carbons (Fsp3) is 0.288. The van der Waals surface area contributed by atoms with Crippen molar-refractivity contribution in [1.29, 1.82) is 0 Å². The molecule has 3 aromatic carbocycles. The van der Waals surface area contributed by atoms with Gasteiger partial charge in [0.15, 0.2) is 0 Å². The second-order valence-electron chi connectivity index (χ2n) is 16.9. The molecular formula is C52H51Cl3F3N7O6. The number of carbonyl (C=O) groups is 3. The fourth-order valence-electron chi connectivity index (χ4n) is 8.52. The smallest absolute Gasteiger partial charge is 0.352 e. The first kappa shape index (κ1) is 52.4. The molecule has 4 aromatic heterocycles. The largest absolute Gasteiger partial charge is 0.477 e. The topological polar surface area (TPSA) is 159 Å². The van der Waals surface area contributed by atoms with Crippen molar-refractivity contribution in [3.63, 3.8) is 0 Å². The molecule has 0 atom stereocenters. The molecule has 6 heterocycles. The van der Waals surface area contributed by atoms with Crippen molar-refractivity contribution >= 4 is 52.6 Å². The number of nitrogens with one attached hydrogen (secondary N) is 2. The molecule has 2 aliphatic heterocycles. The zero-order valence-electron chi connectivity index (χ0n) is 39.8. The monoisotopic (exact) mass is 1030 g/mol. The van der Waals surface area contributed by atoms with Crippen LogP contribution in [0, 0.1) is 59.0 Å². The van der Waals surface area contributed by atoms with Gasteiger partial charge in [0.25, 0.3) is 11.8 Å². The number of nitrogens with zero attached hydrogens (tertiary/aromatic N) is 5. The number of hydrogen-bond acceptors (Lipinski definition) is 7. The fourth-order valence-corrected chi connectivity index (χ4v) is 8.99. The molecule has 2 saturated heterocycles. The number of aromatic amines is 2. The average Bonchev–Trinajstić information content (AvgIpc) is 3.91. The third kappa shape index (κ3) is 11.5. The minimum atomic E-state index is -1.12. The van der Waals surface area contributed by atoms with E-state index in [9.17, 15) is 27.6 Å². The van der Waals surface area contributed by atoms with Crippen LogP contribution in [0.25, 0.3) is 33.4 Å². The number of benzene rings is 3. The number of aromatic nitrogens is 5. The van der Waals surface area contributed by atoms with Gasteiger partial charge in [0, 0.05) is 104 Å². The third-order valence-corrected chi connectivity index (χ3v) is 13.3. The summed E-state index contributed by atoms with van der Waals surface area (Å²) in [6.07, 6.45) is 3.33. The maximum atomic E-state index is 14.9. The second-order valence-corrected chi connectivity index (χ2v) is 18.2. The van der Waals surface area contributed by atoms with Crippen molar-refractivity contribution in [1.82, 2.24) is 34.3 Å². The maximum Gasteiger partial charge on any atom is 0.352 e. The van der Waals surface area contributed by atoms with Crippen molar-refractivity contribution < 1.29 is 42.1 Å². The molecule has 372 valence electrons. The maximum absolute atomic E-state index is 14.9. The van der Waals surface area contributed by atoms with Gasteiger partial charge in [0.05, 0.1) is 33.0 Å². The molecule has 3 N–H and O–H groups in total. The Morgan fingerprint density at radius 2 is 1.01 bits per heavy atom. The van der Waals surface area contributed by atoms with Crippen molar-refractivity contribution in [3.8, 4) is 33.4 Å². The summed E-state index contributed by atoms with van der Waals surface area (Å²) in [5, 5.41) is 10.0. The highest BCUT2D eigenvalue weighted by Gasteiger charge is 2.31. The van der Waals surface area contributed by atoms with Crippen LogP contribution in [0.2, 0.25) is 15.1 Å². The molecule has 7 aromatic rings. The van der Waals surface area contributed by atoms with E-state index in [1.807, 2.05) is 32.3 Å². The van der Waals surface area contributed by atoms with E-state index >= 15 is 0 Å². The number of aromatic carboxylic acids is 1. The van der Waals surface area contributed by atoms with Crippen molar-refractivity contribution in [3.05, 3.63) is 162 Å².